The maximum absolute atomic E-state index is 8.87. The molecule has 0 aliphatic heterocycles. The second-order valence-corrected chi connectivity index (χ2v) is 5.71. The summed E-state index contributed by atoms with van der Waals surface area (Å²) in [5.41, 5.74) is 6.65. The predicted molar refractivity (Wildman–Crippen MR) is 97.6 cm³/mol. The van der Waals surface area contributed by atoms with E-state index in [1.165, 1.54) is 16.7 Å². The van der Waals surface area contributed by atoms with Crippen LogP contribution in [0.4, 0.5) is 0 Å². The maximum atomic E-state index is 8.87. The van der Waals surface area contributed by atoms with Crippen molar-refractivity contribution in [3.8, 4) is 28.3 Å². The average molecular weight is 313 g/mol. The van der Waals surface area contributed by atoms with Crippen molar-refractivity contribution in [3.05, 3.63) is 83.9 Å². The van der Waals surface area contributed by atoms with E-state index < -0.39 is 0 Å². The minimum absolute atomic E-state index is 0.684. The molecule has 3 aromatic carbocycles. The van der Waals surface area contributed by atoms with E-state index in [-0.39, 0.29) is 0 Å². The highest BCUT2D eigenvalue weighted by atomic mass is 16.5. The first-order chi connectivity index (χ1) is 11.8. The quantitative estimate of drug-likeness (QED) is 0.658. The topological polar surface area (TPSA) is 33.0 Å². The van der Waals surface area contributed by atoms with Crippen LogP contribution in [0.3, 0.4) is 0 Å². The molecule has 2 nitrogen and oxygen atoms in total. The van der Waals surface area contributed by atoms with Crippen LogP contribution in [-0.2, 0) is 11.2 Å². The molecule has 0 N–H and O–H groups in total. The summed E-state index contributed by atoms with van der Waals surface area (Å²) in [5, 5.41) is 8.87. The molecule has 3 aromatic rings. The average Bonchev–Trinajstić information content (AvgIpc) is 2.67. The van der Waals surface area contributed by atoms with Crippen LogP contribution in [0.5, 0.6) is 0 Å². The highest BCUT2D eigenvalue weighted by Gasteiger charge is 2.01. The van der Waals surface area contributed by atoms with E-state index in [2.05, 4.69) is 54.6 Å². The first kappa shape index (κ1) is 16.0. The van der Waals surface area contributed by atoms with Gasteiger partial charge in [-0.3, -0.25) is 0 Å². The molecule has 0 aromatic heterocycles. The third kappa shape index (κ3) is 3.71. The van der Waals surface area contributed by atoms with Gasteiger partial charge in [-0.15, -0.1) is 0 Å². The highest BCUT2D eigenvalue weighted by Crippen LogP contribution is 2.25. The molecular formula is C22H19NO. The molecule has 3 rings (SSSR count). The van der Waals surface area contributed by atoms with E-state index in [0.717, 1.165) is 24.2 Å². The molecule has 0 radical (unpaired) electrons. The second-order valence-electron chi connectivity index (χ2n) is 5.71. The molecule has 24 heavy (non-hydrogen) atoms. The van der Waals surface area contributed by atoms with Gasteiger partial charge in [0.15, 0.2) is 0 Å². The Morgan fingerprint density at radius 1 is 0.708 bits per heavy atom. The number of ether oxygens (including phenoxy) is 1. The van der Waals surface area contributed by atoms with Crippen LogP contribution < -0.4 is 0 Å². The van der Waals surface area contributed by atoms with Crippen molar-refractivity contribution in [1.82, 2.24) is 0 Å². The van der Waals surface area contributed by atoms with Gasteiger partial charge in [-0.05, 0) is 46.4 Å². The summed E-state index contributed by atoms with van der Waals surface area (Å²) >= 11 is 0. The summed E-state index contributed by atoms with van der Waals surface area (Å²) in [6.07, 6.45) is 0.939. The number of methoxy groups -OCH3 is 1. The summed E-state index contributed by atoms with van der Waals surface area (Å²) in [6.45, 7) is 0.749. The van der Waals surface area contributed by atoms with Crippen molar-refractivity contribution in [2.24, 2.45) is 0 Å². The van der Waals surface area contributed by atoms with Crippen LogP contribution in [0.1, 0.15) is 11.1 Å². The minimum atomic E-state index is 0.684. The maximum Gasteiger partial charge on any atom is 0.0991 e. The van der Waals surface area contributed by atoms with E-state index in [1.807, 2.05) is 24.3 Å². The Morgan fingerprint density at radius 3 is 1.54 bits per heavy atom. The fraction of sp³-hybridized carbons (Fsp3) is 0.136. The molecule has 0 spiro atoms. The minimum Gasteiger partial charge on any atom is -0.384 e. The smallest absolute Gasteiger partial charge is 0.0991 e. The molecule has 0 bridgehead atoms. The zero-order valence-corrected chi connectivity index (χ0v) is 13.7. The van der Waals surface area contributed by atoms with Crippen molar-refractivity contribution in [1.29, 1.82) is 5.26 Å². The van der Waals surface area contributed by atoms with Gasteiger partial charge >= 0.3 is 0 Å². The molecule has 0 atom stereocenters. The summed E-state index contributed by atoms with van der Waals surface area (Å²) in [5.74, 6) is 0. The lowest BCUT2D eigenvalue weighted by molar-refractivity contribution is 0.202. The fourth-order valence-electron chi connectivity index (χ4n) is 2.68. The third-order valence-corrected chi connectivity index (χ3v) is 4.11. The molecule has 0 unspecified atom stereocenters. The van der Waals surface area contributed by atoms with Crippen molar-refractivity contribution >= 4 is 0 Å². The van der Waals surface area contributed by atoms with E-state index in [9.17, 15) is 0 Å². The van der Waals surface area contributed by atoms with Gasteiger partial charge < -0.3 is 4.74 Å². The van der Waals surface area contributed by atoms with Crippen LogP contribution in [0.25, 0.3) is 22.3 Å². The molecule has 0 saturated heterocycles. The van der Waals surface area contributed by atoms with Crippen LogP contribution in [0.15, 0.2) is 72.8 Å². The zero-order valence-electron chi connectivity index (χ0n) is 13.7. The first-order valence-corrected chi connectivity index (χ1v) is 7.99. The monoisotopic (exact) mass is 313 g/mol. The number of nitrogens with zero attached hydrogens (tertiary/aromatic N) is 1. The standard InChI is InChI=1S/C22H19NO/c1-24-15-14-17-2-6-19(7-3-17)21-10-12-22(13-11-21)20-8-4-18(16-23)5-9-20/h2-13H,14-15H2,1H3. The van der Waals surface area contributed by atoms with Crippen LogP contribution in [-0.4, -0.2) is 13.7 Å². The second kappa shape index (κ2) is 7.59. The van der Waals surface area contributed by atoms with Gasteiger partial charge in [0.2, 0.25) is 0 Å². The molecule has 118 valence electrons. The lowest BCUT2D eigenvalue weighted by Gasteiger charge is -2.07. The predicted octanol–water partition coefficient (Wildman–Crippen LogP) is 5.08. The summed E-state index contributed by atoms with van der Waals surface area (Å²) in [6, 6.07) is 26.9. The third-order valence-electron chi connectivity index (χ3n) is 4.11. The molecule has 2 heteroatoms. The van der Waals surface area contributed by atoms with Gasteiger partial charge in [0.05, 0.1) is 18.2 Å². The van der Waals surface area contributed by atoms with Gasteiger partial charge in [0.1, 0.15) is 0 Å². The van der Waals surface area contributed by atoms with Crippen LogP contribution >= 0.6 is 0 Å². The Kier molecular flexibility index (Phi) is 5.05. The van der Waals surface area contributed by atoms with Crippen LogP contribution in [0, 0.1) is 11.3 Å². The van der Waals surface area contributed by atoms with E-state index in [0.29, 0.717) is 5.56 Å². The van der Waals surface area contributed by atoms with Crippen molar-refractivity contribution in [2.45, 2.75) is 6.42 Å². The van der Waals surface area contributed by atoms with Gasteiger partial charge in [-0.1, -0.05) is 60.7 Å². The summed E-state index contributed by atoms with van der Waals surface area (Å²) < 4.78 is 5.11. The number of rotatable bonds is 5. The highest BCUT2D eigenvalue weighted by molar-refractivity contribution is 5.70. The molecule has 0 aliphatic carbocycles. The SMILES string of the molecule is COCCc1ccc(-c2ccc(-c3ccc(C#N)cc3)cc2)cc1. The van der Waals surface area contributed by atoms with Gasteiger partial charge in [-0.25, -0.2) is 0 Å². The van der Waals surface area contributed by atoms with E-state index in [1.54, 1.807) is 7.11 Å². The van der Waals surface area contributed by atoms with Crippen molar-refractivity contribution in [3.63, 3.8) is 0 Å². The van der Waals surface area contributed by atoms with E-state index >= 15 is 0 Å². The lowest BCUT2D eigenvalue weighted by atomic mass is 9.99. The summed E-state index contributed by atoms with van der Waals surface area (Å²) in [7, 11) is 1.73. The van der Waals surface area contributed by atoms with Gasteiger partial charge in [0, 0.05) is 7.11 Å². The van der Waals surface area contributed by atoms with E-state index in [4.69, 9.17) is 10.00 Å². The summed E-state index contributed by atoms with van der Waals surface area (Å²) in [4.78, 5) is 0. The molecule has 0 amide bonds. The van der Waals surface area contributed by atoms with Crippen molar-refractivity contribution < 1.29 is 4.74 Å². The largest absolute Gasteiger partial charge is 0.384 e. The van der Waals surface area contributed by atoms with Crippen molar-refractivity contribution in [2.75, 3.05) is 13.7 Å². The Bertz CT molecular complexity index is 825. The van der Waals surface area contributed by atoms with Gasteiger partial charge in [-0.2, -0.15) is 5.26 Å². The van der Waals surface area contributed by atoms with Crippen LogP contribution in [0.2, 0.25) is 0 Å². The number of benzene rings is 3. The molecule has 0 saturated carbocycles. The Hall–Kier alpha value is -2.89. The molecule has 0 aliphatic rings. The van der Waals surface area contributed by atoms with Gasteiger partial charge in [0.25, 0.3) is 0 Å². The number of hydrogen-bond acceptors (Lipinski definition) is 2. The molecule has 0 fully saturated rings. The normalized spacial score (nSPS) is 10.3. The zero-order chi connectivity index (χ0) is 16.8. The molecule has 0 heterocycles. The Balaban J connectivity index is 1.77. The fourth-order valence-corrected chi connectivity index (χ4v) is 2.68. The Labute approximate surface area is 143 Å². The molecular weight excluding hydrogens is 294 g/mol. The lowest BCUT2D eigenvalue weighted by Crippen LogP contribution is -1.93. The number of nitriles is 1. The Morgan fingerprint density at radius 2 is 1.12 bits per heavy atom. The number of hydrogen-bond donors (Lipinski definition) is 0. The first-order valence-electron chi connectivity index (χ1n) is 7.99.